The van der Waals surface area contributed by atoms with Crippen molar-refractivity contribution in [3.8, 4) is 17.1 Å². The van der Waals surface area contributed by atoms with E-state index in [1.807, 2.05) is 48.5 Å². The van der Waals surface area contributed by atoms with E-state index in [-0.39, 0.29) is 12.4 Å². The number of nitrogens with zero attached hydrogens (tertiary/aromatic N) is 2. The Balaban J connectivity index is 0.00000210. The summed E-state index contributed by atoms with van der Waals surface area (Å²) in [6.07, 6.45) is 0.913. The van der Waals surface area contributed by atoms with E-state index in [1.54, 1.807) is 0 Å². The summed E-state index contributed by atoms with van der Waals surface area (Å²) >= 11 is 3.56. The van der Waals surface area contributed by atoms with Crippen LogP contribution in [0, 0.1) is 0 Å². The number of ether oxygens (including phenoxy) is 1. The number of rotatable bonds is 6. The second-order valence-corrected chi connectivity index (χ2v) is 7.02. The van der Waals surface area contributed by atoms with Gasteiger partial charge in [0.15, 0.2) is 0 Å². The van der Waals surface area contributed by atoms with Crippen LogP contribution in [0.1, 0.15) is 6.42 Å². The standard InChI is InChI=1S/C22H19BrN2O.ClH/c23-18-9-6-8-17(16-18)22-24-20-12-4-5-13-21(20)25(22)14-7-15-26-19-10-2-1-3-11-19;/h1-6,8-13,16H,7,14-15H2;1H. The summed E-state index contributed by atoms with van der Waals surface area (Å²) in [6, 6.07) is 26.5. The van der Waals surface area contributed by atoms with E-state index in [4.69, 9.17) is 9.72 Å². The number of halogens is 2. The third-order valence-electron chi connectivity index (χ3n) is 4.28. The van der Waals surface area contributed by atoms with Crippen molar-refractivity contribution in [3.05, 3.63) is 83.3 Å². The number of benzene rings is 3. The highest BCUT2D eigenvalue weighted by Crippen LogP contribution is 2.27. The molecule has 0 unspecified atom stereocenters. The number of imidazole rings is 1. The molecule has 4 aromatic rings. The molecule has 138 valence electrons. The van der Waals surface area contributed by atoms with Crippen molar-refractivity contribution in [1.82, 2.24) is 9.55 Å². The smallest absolute Gasteiger partial charge is 0.141 e. The van der Waals surface area contributed by atoms with Crippen LogP contribution in [0.3, 0.4) is 0 Å². The predicted octanol–water partition coefficient (Wildman–Crippen LogP) is 6.36. The number of para-hydroxylation sites is 3. The summed E-state index contributed by atoms with van der Waals surface area (Å²) in [5.74, 6) is 1.91. The van der Waals surface area contributed by atoms with E-state index in [0.717, 1.165) is 45.6 Å². The van der Waals surface area contributed by atoms with Crippen LogP contribution in [0.5, 0.6) is 5.75 Å². The first-order chi connectivity index (χ1) is 12.8. The molecular weight excluding hydrogens is 424 g/mol. The normalized spacial score (nSPS) is 10.6. The van der Waals surface area contributed by atoms with Crippen molar-refractivity contribution < 1.29 is 4.74 Å². The van der Waals surface area contributed by atoms with Crippen molar-refractivity contribution in [2.24, 2.45) is 0 Å². The van der Waals surface area contributed by atoms with Crippen LogP contribution in [-0.4, -0.2) is 16.2 Å². The zero-order valence-electron chi connectivity index (χ0n) is 14.7. The Morgan fingerprint density at radius 2 is 1.67 bits per heavy atom. The van der Waals surface area contributed by atoms with Crippen LogP contribution in [-0.2, 0) is 6.54 Å². The van der Waals surface area contributed by atoms with E-state index in [9.17, 15) is 0 Å². The number of hydrogen-bond donors (Lipinski definition) is 0. The van der Waals surface area contributed by atoms with Gasteiger partial charge in [0.1, 0.15) is 11.6 Å². The van der Waals surface area contributed by atoms with Crippen molar-refractivity contribution >= 4 is 39.4 Å². The van der Waals surface area contributed by atoms with E-state index in [0.29, 0.717) is 6.61 Å². The maximum Gasteiger partial charge on any atom is 0.141 e. The van der Waals surface area contributed by atoms with Gasteiger partial charge in [-0.1, -0.05) is 58.4 Å². The van der Waals surface area contributed by atoms with Gasteiger partial charge in [-0.05, 0) is 42.8 Å². The largest absolute Gasteiger partial charge is 0.494 e. The molecule has 0 N–H and O–H groups in total. The summed E-state index contributed by atoms with van der Waals surface area (Å²) in [4.78, 5) is 4.86. The fourth-order valence-electron chi connectivity index (χ4n) is 3.08. The molecule has 0 saturated carbocycles. The summed E-state index contributed by atoms with van der Waals surface area (Å²) in [5, 5.41) is 0. The molecule has 4 rings (SSSR count). The van der Waals surface area contributed by atoms with Gasteiger partial charge in [-0.25, -0.2) is 4.98 Å². The highest BCUT2D eigenvalue weighted by molar-refractivity contribution is 9.10. The second-order valence-electron chi connectivity index (χ2n) is 6.10. The summed E-state index contributed by atoms with van der Waals surface area (Å²) in [5.41, 5.74) is 3.29. The molecule has 0 aliphatic carbocycles. The molecule has 0 atom stereocenters. The average molecular weight is 444 g/mol. The molecule has 0 spiro atoms. The highest BCUT2D eigenvalue weighted by atomic mass is 79.9. The van der Waals surface area contributed by atoms with Gasteiger partial charge in [0, 0.05) is 16.6 Å². The summed E-state index contributed by atoms with van der Waals surface area (Å²) in [7, 11) is 0. The maximum atomic E-state index is 5.84. The number of aryl methyl sites for hydroxylation is 1. The minimum atomic E-state index is 0. The third kappa shape index (κ3) is 4.52. The third-order valence-corrected chi connectivity index (χ3v) is 4.77. The van der Waals surface area contributed by atoms with Crippen LogP contribution >= 0.6 is 28.3 Å². The number of fused-ring (bicyclic) bond motifs is 1. The van der Waals surface area contributed by atoms with Crippen LogP contribution < -0.4 is 4.74 Å². The topological polar surface area (TPSA) is 27.1 Å². The molecule has 0 saturated heterocycles. The van der Waals surface area contributed by atoms with Crippen LogP contribution in [0.2, 0.25) is 0 Å². The van der Waals surface area contributed by atoms with Crippen molar-refractivity contribution in [3.63, 3.8) is 0 Å². The molecule has 3 aromatic carbocycles. The van der Waals surface area contributed by atoms with Gasteiger partial charge in [-0.2, -0.15) is 0 Å². The van der Waals surface area contributed by atoms with Crippen molar-refractivity contribution in [1.29, 1.82) is 0 Å². The van der Waals surface area contributed by atoms with Crippen LogP contribution in [0.4, 0.5) is 0 Å². The zero-order valence-corrected chi connectivity index (χ0v) is 17.1. The predicted molar refractivity (Wildman–Crippen MR) is 117 cm³/mol. The van der Waals surface area contributed by atoms with Gasteiger partial charge in [0.2, 0.25) is 0 Å². The van der Waals surface area contributed by atoms with Crippen molar-refractivity contribution in [2.45, 2.75) is 13.0 Å². The summed E-state index contributed by atoms with van der Waals surface area (Å²) < 4.78 is 9.18. The first-order valence-corrected chi connectivity index (χ1v) is 9.49. The first kappa shape index (κ1) is 19.5. The Morgan fingerprint density at radius 1 is 0.889 bits per heavy atom. The zero-order chi connectivity index (χ0) is 17.8. The van der Waals surface area contributed by atoms with Gasteiger partial charge in [-0.3, -0.25) is 0 Å². The van der Waals surface area contributed by atoms with E-state index in [2.05, 4.69) is 50.8 Å². The van der Waals surface area contributed by atoms with Gasteiger partial charge in [0.05, 0.1) is 17.6 Å². The lowest BCUT2D eigenvalue weighted by atomic mass is 10.2. The second kappa shape index (κ2) is 9.07. The SMILES string of the molecule is Brc1cccc(-c2nc3ccccc3n2CCCOc2ccccc2)c1.Cl. The lowest BCUT2D eigenvalue weighted by molar-refractivity contribution is 0.303. The molecule has 0 bridgehead atoms. The van der Waals surface area contributed by atoms with Gasteiger partial charge >= 0.3 is 0 Å². The van der Waals surface area contributed by atoms with Crippen LogP contribution in [0.15, 0.2) is 83.3 Å². The Morgan fingerprint density at radius 3 is 2.48 bits per heavy atom. The van der Waals surface area contributed by atoms with E-state index in [1.165, 1.54) is 0 Å². The van der Waals surface area contributed by atoms with Gasteiger partial charge in [0.25, 0.3) is 0 Å². The average Bonchev–Trinajstić information content (AvgIpc) is 3.05. The first-order valence-electron chi connectivity index (χ1n) is 8.70. The summed E-state index contributed by atoms with van der Waals surface area (Å²) in [6.45, 7) is 1.53. The van der Waals surface area contributed by atoms with E-state index >= 15 is 0 Å². The molecule has 0 radical (unpaired) electrons. The van der Waals surface area contributed by atoms with Crippen LogP contribution in [0.25, 0.3) is 22.4 Å². The Hall–Kier alpha value is -2.30. The number of hydrogen-bond acceptors (Lipinski definition) is 2. The Bertz CT molecular complexity index is 1020. The molecule has 0 aliphatic rings. The monoisotopic (exact) mass is 442 g/mol. The fraction of sp³-hybridized carbons (Fsp3) is 0.136. The highest BCUT2D eigenvalue weighted by Gasteiger charge is 2.12. The maximum absolute atomic E-state index is 5.84. The van der Waals surface area contributed by atoms with Gasteiger partial charge in [-0.15, -0.1) is 12.4 Å². The lowest BCUT2D eigenvalue weighted by Gasteiger charge is -2.11. The quantitative estimate of drug-likeness (QED) is 0.324. The fourth-order valence-corrected chi connectivity index (χ4v) is 3.48. The molecular formula is C22H20BrClN2O. The molecule has 1 heterocycles. The lowest BCUT2D eigenvalue weighted by Crippen LogP contribution is -2.06. The molecule has 0 aliphatic heterocycles. The molecule has 0 amide bonds. The minimum Gasteiger partial charge on any atom is -0.494 e. The molecule has 1 aromatic heterocycles. The Kier molecular flexibility index (Phi) is 6.54. The number of aromatic nitrogens is 2. The molecule has 27 heavy (non-hydrogen) atoms. The molecule has 3 nitrogen and oxygen atoms in total. The Labute approximate surface area is 173 Å². The molecule has 5 heteroatoms. The van der Waals surface area contributed by atoms with Gasteiger partial charge < -0.3 is 9.30 Å². The van der Waals surface area contributed by atoms with E-state index < -0.39 is 0 Å². The molecule has 0 fully saturated rings. The van der Waals surface area contributed by atoms with Crippen molar-refractivity contribution in [2.75, 3.05) is 6.61 Å². The minimum absolute atomic E-state index is 0.